The van der Waals surface area contributed by atoms with Crippen LogP contribution in [0.4, 0.5) is 4.39 Å². The van der Waals surface area contributed by atoms with Crippen molar-refractivity contribution in [2.24, 2.45) is 5.10 Å². The van der Waals surface area contributed by atoms with Gasteiger partial charge in [0.2, 0.25) is 0 Å². The molecule has 6 heteroatoms. The molecular weight excluding hydrogens is 451 g/mol. The van der Waals surface area contributed by atoms with Gasteiger partial charge in [0.1, 0.15) is 5.82 Å². The van der Waals surface area contributed by atoms with Gasteiger partial charge in [0, 0.05) is 11.1 Å². The van der Waals surface area contributed by atoms with Crippen molar-refractivity contribution in [3.63, 3.8) is 0 Å². The average Bonchev–Trinajstić information content (AvgIpc) is 3.36. The van der Waals surface area contributed by atoms with E-state index >= 15 is 0 Å². The van der Waals surface area contributed by atoms with E-state index in [1.54, 1.807) is 28.9 Å². The van der Waals surface area contributed by atoms with E-state index in [-0.39, 0.29) is 11.3 Å². The van der Waals surface area contributed by atoms with Crippen molar-refractivity contribution in [1.29, 1.82) is 0 Å². The Morgan fingerprint density at radius 3 is 2.22 bits per heavy atom. The zero-order valence-corrected chi connectivity index (χ0v) is 19.6. The molecule has 1 heterocycles. The molecule has 176 valence electrons. The number of carbonyl (C=O) groups is 1. The molecule has 0 atom stereocenters. The maximum atomic E-state index is 13.8. The maximum absolute atomic E-state index is 13.8. The Hall–Kier alpha value is -4.84. The molecule has 1 N–H and O–H groups in total. The van der Waals surface area contributed by atoms with Gasteiger partial charge in [-0.3, -0.25) is 4.79 Å². The summed E-state index contributed by atoms with van der Waals surface area (Å²) in [6.07, 6.45) is 1.27. The van der Waals surface area contributed by atoms with Crippen LogP contribution in [0.5, 0.6) is 0 Å². The number of rotatable bonds is 6. The second-order valence-electron chi connectivity index (χ2n) is 8.28. The van der Waals surface area contributed by atoms with Gasteiger partial charge in [-0.1, -0.05) is 91.0 Å². The molecule has 5 nitrogen and oxygen atoms in total. The van der Waals surface area contributed by atoms with E-state index < -0.39 is 11.7 Å². The number of aromatic nitrogens is 2. The second-order valence-corrected chi connectivity index (χ2v) is 8.28. The van der Waals surface area contributed by atoms with Crippen LogP contribution in [0, 0.1) is 12.7 Å². The number of para-hydroxylation sites is 1. The molecule has 0 radical (unpaired) electrons. The molecule has 0 spiro atoms. The molecule has 0 saturated carbocycles. The van der Waals surface area contributed by atoms with Gasteiger partial charge < -0.3 is 0 Å². The van der Waals surface area contributed by atoms with Crippen LogP contribution >= 0.6 is 0 Å². The first-order valence-electron chi connectivity index (χ1n) is 11.5. The first-order chi connectivity index (χ1) is 17.6. The maximum Gasteiger partial charge on any atom is 0.291 e. The van der Waals surface area contributed by atoms with Crippen LogP contribution in [0.3, 0.4) is 0 Å². The second kappa shape index (κ2) is 10.2. The number of nitrogens with one attached hydrogen (secondary N) is 1. The molecule has 1 amide bonds. The molecule has 36 heavy (non-hydrogen) atoms. The van der Waals surface area contributed by atoms with Gasteiger partial charge in [0.05, 0.1) is 17.6 Å². The Morgan fingerprint density at radius 1 is 0.833 bits per heavy atom. The number of amides is 1. The molecule has 0 aliphatic carbocycles. The summed E-state index contributed by atoms with van der Waals surface area (Å²) in [6, 6.07) is 34.1. The van der Waals surface area contributed by atoms with Gasteiger partial charge in [-0.05, 0) is 41.8 Å². The predicted molar refractivity (Wildman–Crippen MR) is 141 cm³/mol. The fraction of sp³-hybridized carbons (Fsp3) is 0.0333. The standard InChI is InChI=1S/C30H23FN4O/c1-21-9-5-8-14-28(21)35-29(24-17-15-23(16-18-24)22-10-3-2-4-11-22)19-27(34-35)30(36)33-32-20-25-12-6-7-13-26(25)31/h2-20H,1H3,(H,33,36)/b32-20-. The number of benzene rings is 4. The lowest BCUT2D eigenvalue weighted by atomic mass is 10.0. The van der Waals surface area contributed by atoms with E-state index in [1.165, 1.54) is 12.3 Å². The quantitative estimate of drug-likeness (QED) is 0.228. The largest absolute Gasteiger partial charge is 0.291 e. The highest BCUT2D eigenvalue weighted by Gasteiger charge is 2.17. The molecule has 0 aliphatic heterocycles. The average molecular weight is 475 g/mol. The van der Waals surface area contributed by atoms with Crippen LogP contribution in [0.2, 0.25) is 0 Å². The first-order valence-corrected chi connectivity index (χ1v) is 11.5. The fourth-order valence-electron chi connectivity index (χ4n) is 3.94. The Kier molecular flexibility index (Phi) is 6.49. The van der Waals surface area contributed by atoms with Gasteiger partial charge in [-0.15, -0.1) is 0 Å². The van der Waals surface area contributed by atoms with Crippen molar-refractivity contribution in [3.05, 3.63) is 132 Å². The van der Waals surface area contributed by atoms with Crippen molar-refractivity contribution in [2.45, 2.75) is 6.92 Å². The topological polar surface area (TPSA) is 59.3 Å². The predicted octanol–water partition coefficient (Wildman–Crippen LogP) is 6.42. The van der Waals surface area contributed by atoms with Crippen molar-refractivity contribution >= 4 is 12.1 Å². The minimum absolute atomic E-state index is 0.200. The van der Waals surface area contributed by atoms with E-state index in [0.717, 1.165) is 33.6 Å². The van der Waals surface area contributed by atoms with Gasteiger partial charge in [0.25, 0.3) is 5.91 Å². The van der Waals surface area contributed by atoms with Crippen molar-refractivity contribution in [1.82, 2.24) is 15.2 Å². The third-order valence-electron chi connectivity index (χ3n) is 5.85. The highest BCUT2D eigenvalue weighted by atomic mass is 19.1. The molecule has 1 aromatic heterocycles. The van der Waals surface area contributed by atoms with Crippen molar-refractivity contribution in [2.75, 3.05) is 0 Å². The molecule has 5 aromatic rings. The summed E-state index contributed by atoms with van der Waals surface area (Å²) in [6.45, 7) is 2.00. The van der Waals surface area contributed by atoms with E-state index in [9.17, 15) is 9.18 Å². The van der Waals surface area contributed by atoms with E-state index in [0.29, 0.717) is 0 Å². The van der Waals surface area contributed by atoms with E-state index in [1.807, 2.05) is 61.5 Å². The van der Waals surface area contributed by atoms with E-state index in [4.69, 9.17) is 0 Å². The van der Waals surface area contributed by atoms with Crippen LogP contribution in [0.25, 0.3) is 28.1 Å². The third-order valence-corrected chi connectivity index (χ3v) is 5.85. The first kappa shape index (κ1) is 22.9. The highest BCUT2D eigenvalue weighted by molar-refractivity contribution is 5.94. The highest BCUT2D eigenvalue weighted by Crippen LogP contribution is 2.28. The van der Waals surface area contributed by atoms with Crippen molar-refractivity contribution in [3.8, 4) is 28.1 Å². The summed E-state index contributed by atoms with van der Waals surface area (Å²) in [5, 5.41) is 8.51. The van der Waals surface area contributed by atoms with Crippen LogP contribution in [-0.4, -0.2) is 21.9 Å². The Balaban J connectivity index is 1.48. The Labute approximate surface area is 208 Å². The molecule has 5 rings (SSSR count). The number of hydrogen-bond donors (Lipinski definition) is 1. The molecule has 0 fully saturated rings. The van der Waals surface area contributed by atoms with Crippen LogP contribution in [0.15, 0.2) is 114 Å². The monoisotopic (exact) mass is 474 g/mol. The lowest BCUT2D eigenvalue weighted by Crippen LogP contribution is -2.18. The Bertz CT molecular complexity index is 1540. The van der Waals surface area contributed by atoms with Gasteiger partial charge in [-0.25, -0.2) is 14.5 Å². The number of hydrogen-bond acceptors (Lipinski definition) is 3. The third kappa shape index (κ3) is 4.83. The number of hydrazone groups is 1. The zero-order valence-electron chi connectivity index (χ0n) is 19.6. The minimum atomic E-state index is -0.489. The fourth-order valence-corrected chi connectivity index (χ4v) is 3.94. The number of nitrogens with zero attached hydrogens (tertiary/aromatic N) is 3. The molecular formula is C30H23FN4O. The molecule has 0 aliphatic rings. The number of halogens is 1. The molecule has 0 saturated heterocycles. The molecule has 4 aromatic carbocycles. The van der Waals surface area contributed by atoms with Crippen LogP contribution in [-0.2, 0) is 0 Å². The van der Waals surface area contributed by atoms with E-state index in [2.05, 4.69) is 39.9 Å². The van der Waals surface area contributed by atoms with Gasteiger partial charge >= 0.3 is 0 Å². The number of aryl methyl sites for hydroxylation is 1. The summed E-state index contributed by atoms with van der Waals surface area (Å²) in [7, 11) is 0. The minimum Gasteiger partial charge on any atom is -0.265 e. The summed E-state index contributed by atoms with van der Waals surface area (Å²) in [5.41, 5.74) is 8.74. The SMILES string of the molecule is Cc1ccccc1-n1nc(C(=O)N/N=C\c2ccccc2F)cc1-c1ccc(-c2ccccc2)cc1. The zero-order chi connectivity index (χ0) is 24.9. The summed E-state index contributed by atoms with van der Waals surface area (Å²) in [5.74, 6) is -0.905. The summed E-state index contributed by atoms with van der Waals surface area (Å²) < 4.78 is 15.6. The number of carbonyl (C=O) groups excluding carboxylic acids is 1. The lowest BCUT2D eigenvalue weighted by Gasteiger charge is -2.11. The normalized spacial score (nSPS) is 11.1. The van der Waals surface area contributed by atoms with Crippen molar-refractivity contribution < 1.29 is 9.18 Å². The molecule has 0 bridgehead atoms. The molecule has 0 unspecified atom stereocenters. The van der Waals surface area contributed by atoms with Gasteiger partial charge in [0.15, 0.2) is 5.69 Å². The van der Waals surface area contributed by atoms with Crippen LogP contribution in [0.1, 0.15) is 21.6 Å². The Morgan fingerprint density at radius 2 is 1.47 bits per heavy atom. The lowest BCUT2D eigenvalue weighted by molar-refractivity contribution is 0.0949. The summed E-state index contributed by atoms with van der Waals surface area (Å²) in [4.78, 5) is 12.9. The smallest absolute Gasteiger partial charge is 0.265 e. The summed E-state index contributed by atoms with van der Waals surface area (Å²) >= 11 is 0. The van der Waals surface area contributed by atoms with Gasteiger partial charge in [-0.2, -0.15) is 10.2 Å². The van der Waals surface area contributed by atoms with Crippen LogP contribution < -0.4 is 5.43 Å².